The van der Waals surface area contributed by atoms with Crippen LogP contribution < -0.4 is 4.90 Å². The fourth-order valence-corrected chi connectivity index (χ4v) is 4.23. The SMILES string of the molecule is CCN(CC)CCCN(C(=O)c1cccc(Cl)c1)c1nc(-c2ccccc2)cs1.Cl. The molecule has 7 heteroatoms. The summed E-state index contributed by atoms with van der Waals surface area (Å²) < 4.78 is 0. The highest BCUT2D eigenvalue weighted by Crippen LogP contribution is 2.29. The Morgan fingerprint density at radius 1 is 1.03 bits per heavy atom. The summed E-state index contributed by atoms with van der Waals surface area (Å²) in [6, 6.07) is 17.1. The summed E-state index contributed by atoms with van der Waals surface area (Å²) in [6.45, 7) is 7.89. The van der Waals surface area contributed by atoms with Gasteiger partial charge < -0.3 is 4.90 Å². The number of halogens is 2. The van der Waals surface area contributed by atoms with Crippen LogP contribution in [0.25, 0.3) is 11.3 Å². The van der Waals surface area contributed by atoms with Crippen LogP contribution in [0.3, 0.4) is 0 Å². The van der Waals surface area contributed by atoms with Crippen LogP contribution in [0.15, 0.2) is 60.0 Å². The van der Waals surface area contributed by atoms with Gasteiger partial charge in [-0.15, -0.1) is 23.7 Å². The van der Waals surface area contributed by atoms with Crippen molar-refractivity contribution in [2.45, 2.75) is 20.3 Å². The van der Waals surface area contributed by atoms with Crippen LogP contribution in [-0.2, 0) is 0 Å². The predicted octanol–water partition coefficient (Wildman–Crippen LogP) is 6.26. The predicted molar refractivity (Wildman–Crippen MR) is 130 cm³/mol. The average molecular weight is 464 g/mol. The number of benzene rings is 2. The van der Waals surface area contributed by atoms with Crippen molar-refractivity contribution >= 4 is 46.4 Å². The van der Waals surface area contributed by atoms with Crippen molar-refractivity contribution < 1.29 is 4.79 Å². The Morgan fingerprint density at radius 3 is 2.43 bits per heavy atom. The van der Waals surface area contributed by atoms with Crippen LogP contribution >= 0.6 is 35.3 Å². The fraction of sp³-hybridized carbons (Fsp3) is 0.304. The van der Waals surface area contributed by atoms with Crippen LogP contribution in [0.2, 0.25) is 5.02 Å². The molecule has 0 N–H and O–H groups in total. The number of carbonyl (C=O) groups is 1. The normalized spacial score (nSPS) is 10.7. The molecule has 4 nitrogen and oxygen atoms in total. The van der Waals surface area contributed by atoms with Gasteiger partial charge in [-0.3, -0.25) is 9.69 Å². The minimum absolute atomic E-state index is 0. The molecule has 3 rings (SSSR count). The molecule has 0 spiro atoms. The molecule has 0 radical (unpaired) electrons. The van der Waals surface area contributed by atoms with E-state index in [9.17, 15) is 4.79 Å². The Labute approximate surface area is 193 Å². The van der Waals surface area contributed by atoms with Gasteiger partial charge >= 0.3 is 0 Å². The molecule has 1 heterocycles. The second kappa shape index (κ2) is 12.1. The van der Waals surface area contributed by atoms with Gasteiger partial charge in [-0.2, -0.15) is 0 Å². The molecule has 30 heavy (non-hydrogen) atoms. The van der Waals surface area contributed by atoms with Crippen LogP contribution in [-0.4, -0.2) is 42.0 Å². The van der Waals surface area contributed by atoms with Gasteiger partial charge in [0.25, 0.3) is 5.91 Å². The molecule has 0 atom stereocenters. The largest absolute Gasteiger partial charge is 0.304 e. The lowest BCUT2D eigenvalue weighted by atomic mass is 10.2. The molecule has 0 saturated heterocycles. The zero-order valence-electron chi connectivity index (χ0n) is 17.3. The number of nitrogens with zero attached hydrogens (tertiary/aromatic N) is 3. The molecule has 1 aromatic heterocycles. The zero-order valence-corrected chi connectivity index (χ0v) is 19.6. The minimum Gasteiger partial charge on any atom is -0.304 e. The van der Waals surface area contributed by atoms with E-state index in [1.807, 2.05) is 35.7 Å². The van der Waals surface area contributed by atoms with Gasteiger partial charge in [0.05, 0.1) is 5.69 Å². The lowest BCUT2D eigenvalue weighted by Crippen LogP contribution is -2.34. The van der Waals surface area contributed by atoms with Crippen molar-refractivity contribution in [2.24, 2.45) is 0 Å². The Balaban J connectivity index is 0.00000320. The van der Waals surface area contributed by atoms with Crippen molar-refractivity contribution in [1.29, 1.82) is 0 Å². The van der Waals surface area contributed by atoms with Crippen LogP contribution in [0.1, 0.15) is 30.6 Å². The van der Waals surface area contributed by atoms with E-state index in [1.54, 1.807) is 29.2 Å². The number of amides is 1. The smallest absolute Gasteiger partial charge is 0.260 e. The van der Waals surface area contributed by atoms with Gasteiger partial charge in [0.15, 0.2) is 5.13 Å². The van der Waals surface area contributed by atoms with E-state index in [1.165, 1.54) is 11.3 Å². The van der Waals surface area contributed by atoms with Crippen molar-refractivity contribution in [3.63, 3.8) is 0 Å². The summed E-state index contributed by atoms with van der Waals surface area (Å²) in [5.41, 5.74) is 2.52. The standard InChI is InChI=1S/C23H26ClN3OS.ClH/c1-3-26(4-2)14-9-15-27(22(28)19-12-8-13-20(24)16-19)23-25-21(17-29-23)18-10-6-5-7-11-18;/h5-8,10-13,16-17H,3-4,9,14-15H2,1-2H3;1H. The summed E-state index contributed by atoms with van der Waals surface area (Å²) in [6.07, 6.45) is 0.883. The van der Waals surface area contributed by atoms with Gasteiger partial charge in [0.2, 0.25) is 0 Å². The van der Waals surface area contributed by atoms with Gasteiger partial charge in [-0.1, -0.05) is 61.8 Å². The summed E-state index contributed by atoms with van der Waals surface area (Å²) in [5.74, 6) is -0.0685. The molecular formula is C23H27Cl2N3OS. The quantitative estimate of drug-likeness (QED) is 0.375. The second-order valence-corrected chi connectivity index (χ2v) is 8.00. The maximum absolute atomic E-state index is 13.3. The third-order valence-corrected chi connectivity index (χ3v) is 5.96. The molecule has 1 amide bonds. The lowest BCUT2D eigenvalue weighted by molar-refractivity contribution is 0.0985. The number of anilines is 1. The second-order valence-electron chi connectivity index (χ2n) is 6.73. The van der Waals surface area contributed by atoms with E-state index < -0.39 is 0 Å². The Hall–Kier alpha value is -1.92. The number of aromatic nitrogens is 1. The maximum Gasteiger partial charge on any atom is 0.260 e. The summed E-state index contributed by atoms with van der Waals surface area (Å²) in [4.78, 5) is 22.2. The van der Waals surface area contributed by atoms with E-state index in [-0.39, 0.29) is 18.3 Å². The highest BCUT2D eigenvalue weighted by Gasteiger charge is 2.21. The van der Waals surface area contributed by atoms with Crippen LogP contribution in [0, 0.1) is 0 Å². The molecule has 160 valence electrons. The van der Waals surface area contributed by atoms with Gasteiger partial charge in [0, 0.05) is 28.1 Å². The number of hydrogen-bond acceptors (Lipinski definition) is 4. The fourth-order valence-electron chi connectivity index (χ4n) is 3.18. The lowest BCUT2D eigenvalue weighted by Gasteiger charge is -2.23. The van der Waals surface area contributed by atoms with E-state index in [0.29, 0.717) is 22.3 Å². The summed E-state index contributed by atoms with van der Waals surface area (Å²) in [5, 5.41) is 3.28. The summed E-state index contributed by atoms with van der Waals surface area (Å²) in [7, 11) is 0. The molecule has 0 aliphatic carbocycles. The van der Waals surface area contributed by atoms with E-state index in [2.05, 4.69) is 18.7 Å². The highest BCUT2D eigenvalue weighted by molar-refractivity contribution is 7.14. The third kappa shape index (κ3) is 6.29. The van der Waals surface area contributed by atoms with Crippen molar-refractivity contribution in [2.75, 3.05) is 31.1 Å². The van der Waals surface area contributed by atoms with Gasteiger partial charge in [-0.05, 0) is 44.3 Å². The van der Waals surface area contributed by atoms with Crippen LogP contribution in [0.4, 0.5) is 5.13 Å². The van der Waals surface area contributed by atoms with E-state index >= 15 is 0 Å². The molecule has 0 saturated carbocycles. The minimum atomic E-state index is -0.0685. The highest BCUT2D eigenvalue weighted by atomic mass is 35.5. The average Bonchev–Trinajstić information content (AvgIpc) is 3.24. The monoisotopic (exact) mass is 463 g/mol. The first-order valence-corrected chi connectivity index (χ1v) is 11.2. The first kappa shape index (κ1) is 24.4. The first-order chi connectivity index (χ1) is 14.1. The molecule has 0 unspecified atom stereocenters. The van der Waals surface area contributed by atoms with Crippen LogP contribution in [0.5, 0.6) is 0 Å². The Morgan fingerprint density at radius 2 is 1.77 bits per heavy atom. The zero-order chi connectivity index (χ0) is 20.6. The molecule has 0 fully saturated rings. The Kier molecular flexibility index (Phi) is 9.79. The summed E-state index contributed by atoms with van der Waals surface area (Å²) >= 11 is 7.61. The van der Waals surface area contributed by atoms with Gasteiger partial charge in [0.1, 0.15) is 0 Å². The maximum atomic E-state index is 13.3. The Bertz CT molecular complexity index is 929. The molecule has 3 aromatic rings. The number of hydrogen-bond donors (Lipinski definition) is 0. The number of rotatable bonds is 9. The van der Waals surface area contributed by atoms with Crippen molar-refractivity contribution in [1.82, 2.24) is 9.88 Å². The van der Waals surface area contributed by atoms with Crippen molar-refractivity contribution in [3.05, 3.63) is 70.6 Å². The third-order valence-electron chi connectivity index (χ3n) is 4.86. The van der Waals surface area contributed by atoms with Gasteiger partial charge in [-0.25, -0.2) is 4.98 Å². The number of carbonyl (C=O) groups excluding carboxylic acids is 1. The van der Waals surface area contributed by atoms with Crippen molar-refractivity contribution in [3.8, 4) is 11.3 Å². The molecular weight excluding hydrogens is 437 g/mol. The number of thiazole rings is 1. The van der Waals surface area contributed by atoms with E-state index in [4.69, 9.17) is 16.6 Å². The van der Waals surface area contributed by atoms with E-state index in [0.717, 1.165) is 37.3 Å². The topological polar surface area (TPSA) is 36.4 Å². The first-order valence-electron chi connectivity index (χ1n) is 9.93. The molecule has 0 bridgehead atoms. The molecule has 2 aromatic carbocycles. The molecule has 0 aliphatic heterocycles. The molecule has 0 aliphatic rings.